The van der Waals surface area contributed by atoms with Crippen LogP contribution in [-0.4, -0.2) is 57.6 Å². The molecule has 0 spiro atoms. The van der Waals surface area contributed by atoms with Gasteiger partial charge in [-0.15, -0.1) is 0 Å². The van der Waals surface area contributed by atoms with E-state index in [0.717, 1.165) is 0 Å². The van der Waals surface area contributed by atoms with Gasteiger partial charge in [-0.1, -0.05) is 0 Å². The average molecular weight is 203 g/mol. The van der Waals surface area contributed by atoms with Crippen molar-refractivity contribution in [2.24, 2.45) is 0 Å². The van der Waals surface area contributed by atoms with Gasteiger partial charge in [-0.2, -0.15) is 0 Å². The van der Waals surface area contributed by atoms with Gasteiger partial charge in [0.1, 0.15) is 0 Å². The van der Waals surface area contributed by atoms with Crippen LogP contribution in [0.5, 0.6) is 0 Å². The van der Waals surface area contributed by atoms with Crippen molar-refractivity contribution in [3.63, 3.8) is 0 Å². The number of nitrogens with zero attached hydrogens (tertiary/aromatic N) is 1. The highest BCUT2D eigenvalue weighted by molar-refractivity contribution is 5.76. The number of amides is 1. The molecule has 1 rings (SSSR count). The smallest absolute Gasteiger partial charge is 0.225 e. The first-order valence-corrected chi connectivity index (χ1v) is 4.69. The van der Waals surface area contributed by atoms with E-state index >= 15 is 0 Å². The number of hydrogen-bond acceptors (Lipinski definition) is 4. The molecule has 5 heteroatoms. The summed E-state index contributed by atoms with van der Waals surface area (Å²) in [4.78, 5) is 13.3. The third kappa shape index (κ3) is 3.25. The average Bonchev–Trinajstić information content (AvgIpc) is 2.26. The summed E-state index contributed by atoms with van der Waals surface area (Å²) in [7, 11) is 3.17. The summed E-state index contributed by atoms with van der Waals surface area (Å²) in [5.41, 5.74) is 0. The molecule has 82 valence electrons. The number of hydrogen-bond donors (Lipinski definition) is 0. The van der Waals surface area contributed by atoms with Crippen LogP contribution in [0.25, 0.3) is 0 Å². The quantitative estimate of drug-likeness (QED) is 0.637. The Bertz CT molecular complexity index is 186. The Hall–Kier alpha value is -0.650. The lowest BCUT2D eigenvalue weighted by atomic mass is 10.3. The monoisotopic (exact) mass is 203 g/mol. The Balaban J connectivity index is 2.31. The third-order valence-corrected chi connectivity index (χ3v) is 2.17. The molecule has 0 unspecified atom stereocenters. The molecule has 0 bridgehead atoms. The highest BCUT2D eigenvalue weighted by Crippen LogP contribution is 2.06. The summed E-state index contributed by atoms with van der Waals surface area (Å²) in [6.07, 6.45) is 0.141. The molecule has 1 amide bonds. The van der Waals surface area contributed by atoms with E-state index in [2.05, 4.69) is 0 Å². The lowest BCUT2D eigenvalue weighted by Crippen LogP contribution is -2.46. The van der Waals surface area contributed by atoms with Gasteiger partial charge in [0.15, 0.2) is 6.29 Å². The largest absolute Gasteiger partial charge is 0.384 e. The summed E-state index contributed by atoms with van der Waals surface area (Å²) < 4.78 is 15.1. The number of ether oxygens (including phenoxy) is 3. The zero-order chi connectivity index (χ0) is 10.4. The summed E-state index contributed by atoms with van der Waals surface area (Å²) in [6.45, 7) is 2.16. The Morgan fingerprint density at radius 3 is 3.00 bits per heavy atom. The van der Waals surface area contributed by atoms with Crippen LogP contribution in [0.1, 0.15) is 6.42 Å². The molecule has 1 fully saturated rings. The fourth-order valence-corrected chi connectivity index (χ4v) is 1.33. The Morgan fingerprint density at radius 2 is 2.36 bits per heavy atom. The van der Waals surface area contributed by atoms with Crippen LogP contribution in [0.3, 0.4) is 0 Å². The van der Waals surface area contributed by atoms with Crippen molar-refractivity contribution in [2.75, 3.05) is 40.5 Å². The highest BCUT2D eigenvalue weighted by Gasteiger charge is 2.23. The van der Waals surface area contributed by atoms with E-state index in [1.165, 1.54) is 0 Å². The molecule has 1 atom stereocenters. The van der Waals surface area contributed by atoms with Gasteiger partial charge in [-0.3, -0.25) is 4.79 Å². The number of morpholine rings is 1. The number of methoxy groups -OCH3 is 2. The van der Waals surface area contributed by atoms with Crippen LogP contribution >= 0.6 is 0 Å². The molecule has 5 nitrogen and oxygen atoms in total. The second kappa shape index (κ2) is 5.95. The Morgan fingerprint density at radius 1 is 1.57 bits per heavy atom. The second-order valence-corrected chi connectivity index (χ2v) is 3.12. The van der Waals surface area contributed by atoms with Crippen LogP contribution in [0.4, 0.5) is 0 Å². The van der Waals surface area contributed by atoms with Gasteiger partial charge >= 0.3 is 0 Å². The molecule has 0 aromatic carbocycles. The molecule has 0 saturated carbocycles. The maximum absolute atomic E-state index is 11.6. The van der Waals surface area contributed by atoms with Crippen LogP contribution in [-0.2, 0) is 19.0 Å². The van der Waals surface area contributed by atoms with Gasteiger partial charge in [0, 0.05) is 20.8 Å². The van der Waals surface area contributed by atoms with Gasteiger partial charge in [-0.25, -0.2) is 0 Å². The predicted octanol–water partition coefficient (Wildman–Crippen LogP) is -0.146. The minimum absolute atomic E-state index is 0.0946. The normalized spacial score (nSPS) is 22.4. The maximum atomic E-state index is 11.6. The first-order valence-electron chi connectivity index (χ1n) is 4.69. The minimum Gasteiger partial charge on any atom is -0.384 e. The van der Waals surface area contributed by atoms with E-state index < -0.39 is 0 Å². The molecule has 1 aliphatic heterocycles. The predicted molar refractivity (Wildman–Crippen MR) is 49.8 cm³/mol. The fourth-order valence-electron chi connectivity index (χ4n) is 1.33. The van der Waals surface area contributed by atoms with E-state index in [1.54, 1.807) is 19.1 Å². The summed E-state index contributed by atoms with van der Waals surface area (Å²) in [6, 6.07) is 0. The van der Waals surface area contributed by atoms with Crippen LogP contribution in [0.15, 0.2) is 0 Å². The number of rotatable bonds is 4. The van der Waals surface area contributed by atoms with E-state index in [1.807, 2.05) is 0 Å². The van der Waals surface area contributed by atoms with Crippen molar-refractivity contribution in [3.8, 4) is 0 Å². The first kappa shape index (κ1) is 11.4. The number of carbonyl (C=O) groups is 1. The minimum atomic E-state index is -0.282. The Kier molecular flexibility index (Phi) is 4.86. The van der Waals surface area contributed by atoms with Gasteiger partial charge in [0.25, 0.3) is 0 Å². The van der Waals surface area contributed by atoms with Crippen molar-refractivity contribution in [2.45, 2.75) is 12.7 Å². The SMILES string of the molecule is COCCC(=O)N1CCO[C@@H](OC)C1. The molecule has 0 aromatic heterocycles. The van der Waals surface area contributed by atoms with Crippen molar-refractivity contribution >= 4 is 5.91 Å². The van der Waals surface area contributed by atoms with Gasteiger partial charge in [0.2, 0.25) is 5.91 Å². The molecule has 14 heavy (non-hydrogen) atoms. The molecule has 1 heterocycles. The van der Waals surface area contributed by atoms with Crippen molar-refractivity contribution in [1.29, 1.82) is 0 Å². The van der Waals surface area contributed by atoms with E-state index in [4.69, 9.17) is 14.2 Å². The molecule has 0 N–H and O–H groups in total. The van der Waals surface area contributed by atoms with Gasteiger partial charge in [0.05, 0.1) is 26.2 Å². The zero-order valence-corrected chi connectivity index (χ0v) is 8.69. The fraction of sp³-hybridized carbons (Fsp3) is 0.889. The van der Waals surface area contributed by atoms with Crippen molar-refractivity contribution < 1.29 is 19.0 Å². The maximum Gasteiger partial charge on any atom is 0.225 e. The van der Waals surface area contributed by atoms with E-state index in [9.17, 15) is 4.79 Å². The standard InChI is InChI=1S/C9H17NO4/c1-12-5-3-8(11)10-4-6-14-9(7-10)13-2/h9H,3-7H2,1-2H3/t9-/m1/s1. The summed E-state index contributed by atoms with van der Waals surface area (Å²) in [5.74, 6) is 0.0946. The summed E-state index contributed by atoms with van der Waals surface area (Å²) in [5, 5.41) is 0. The summed E-state index contributed by atoms with van der Waals surface area (Å²) >= 11 is 0. The molecule has 1 aliphatic rings. The zero-order valence-electron chi connectivity index (χ0n) is 8.69. The van der Waals surface area contributed by atoms with Crippen LogP contribution < -0.4 is 0 Å². The van der Waals surface area contributed by atoms with Crippen molar-refractivity contribution in [3.05, 3.63) is 0 Å². The molecule has 0 aromatic rings. The van der Waals surface area contributed by atoms with Gasteiger partial charge < -0.3 is 19.1 Å². The third-order valence-electron chi connectivity index (χ3n) is 2.17. The highest BCUT2D eigenvalue weighted by atomic mass is 16.7. The Labute approximate surface area is 83.9 Å². The van der Waals surface area contributed by atoms with Crippen LogP contribution in [0, 0.1) is 0 Å². The molecule has 1 saturated heterocycles. The molecule has 0 aliphatic carbocycles. The lowest BCUT2D eigenvalue weighted by Gasteiger charge is -2.31. The van der Waals surface area contributed by atoms with E-state index in [-0.39, 0.29) is 12.2 Å². The molecular formula is C9H17NO4. The second-order valence-electron chi connectivity index (χ2n) is 3.12. The topological polar surface area (TPSA) is 48.0 Å². The van der Waals surface area contributed by atoms with Gasteiger partial charge in [-0.05, 0) is 0 Å². The molecule has 0 radical (unpaired) electrons. The van der Waals surface area contributed by atoms with Crippen LogP contribution in [0.2, 0.25) is 0 Å². The van der Waals surface area contributed by atoms with Crippen molar-refractivity contribution in [1.82, 2.24) is 4.90 Å². The van der Waals surface area contributed by atoms with E-state index in [0.29, 0.717) is 32.7 Å². The molecular weight excluding hydrogens is 186 g/mol. The first-order chi connectivity index (χ1) is 6.77. The number of carbonyl (C=O) groups excluding carboxylic acids is 1. The lowest BCUT2D eigenvalue weighted by molar-refractivity contribution is -0.175.